The zero-order valence-electron chi connectivity index (χ0n) is 8.92. The SMILES string of the molecule is O=C(O)CCCS(=O)CC(=O)Nc1nccs1. The molecule has 0 bridgehead atoms. The van der Waals surface area contributed by atoms with Crippen molar-refractivity contribution in [2.24, 2.45) is 0 Å². The Balaban J connectivity index is 2.22. The molecule has 1 rings (SSSR count). The first-order chi connectivity index (χ1) is 8.08. The van der Waals surface area contributed by atoms with Crippen molar-refractivity contribution in [1.29, 1.82) is 0 Å². The molecule has 8 heteroatoms. The molecule has 0 aromatic carbocycles. The number of aliphatic carboxylic acids is 1. The van der Waals surface area contributed by atoms with E-state index in [0.29, 0.717) is 11.6 Å². The summed E-state index contributed by atoms with van der Waals surface area (Å²) in [6.07, 6.45) is 1.84. The lowest BCUT2D eigenvalue weighted by Crippen LogP contribution is -2.20. The third-order valence-corrected chi connectivity index (χ3v) is 3.75. The lowest BCUT2D eigenvalue weighted by atomic mass is 10.3. The van der Waals surface area contributed by atoms with E-state index >= 15 is 0 Å². The largest absolute Gasteiger partial charge is 0.481 e. The zero-order chi connectivity index (χ0) is 12.7. The van der Waals surface area contributed by atoms with Crippen LogP contribution in [0.5, 0.6) is 0 Å². The van der Waals surface area contributed by atoms with Crippen molar-refractivity contribution >= 4 is 39.1 Å². The fourth-order valence-electron chi connectivity index (χ4n) is 1.04. The molecular weight excluding hydrogens is 264 g/mol. The Morgan fingerprint density at radius 1 is 1.53 bits per heavy atom. The number of nitrogens with one attached hydrogen (secondary N) is 1. The van der Waals surface area contributed by atoms with Gasteiger partial charge in [0.2, 0.25) is 5.91 Å². The summed E-state index contributed by atoms with van der Waals surface area (Å²) in [6.45, 7) is 0. The first kappa shape index (κ1) is 13.8. The number of carboxylic acid groups (broad SMARTS) is 1. The standard InChI is InChI=1S/C9H12N2O4S2/c12-7(11-9-10-3-4-16-9)6-17(15)5-1-2-8(13)14/h3-4H,1-2,5-6H2,(H,13,14)(H,10,11,12). The average molecular weight is 276 g/mol. The highest BCUT2D eigenvalue weighted by Crippen LogP contribution is 2.09. The number of carbonyl (C=O) groups is 2. The van der Waals surface area contributed by atoms with Gasteiger partial charge in [-0.15, -0.1) is 11.3 Å². The first-order valence-corrected chi connectivity index (χ1v) is 7.21. The molecule has 0 fully saturated rings. The number of thiazole rings is 1. The van der Waals surface area contributed by atoms with Crippen molar-refractivity contribution in [2.75, 3.05) is 16.8 Å². The number of rotatable bonds is 7. The molecule has 0 aliphatic rings. The van der Waals surface area contributed by atoms with Gasteiger partial charge in [0, 0.05) is 34.6 Å². The Labute approximate surface area is 105 Å². The monoisotopic (exact) mass is 276 g/mol. The number of aromatic nitrogens is 1. The Kier molecular flexibility index (Phi) is 5.78. The second kappa shape index (κ2) is 7.13. The summed E-state index contributed by atoms with van der Waals surface area (Å²) in [4.78, 5) is 25.5. The zero-order valence-corrected chi connectivity index (χ0v) is 10.6. The second-order valence-electron chi connectivity index (χ2n) is 3.17. The van der Waals surface area contributed by atoms with Gasteiger partial charge < -0.3 is 10.4 Å². The van der Waals surface area contributed by atoms with Gasteiger partial charge in [0.15, 0.2) is 5.13 Å². The van der Waals surface area contributed by atoms with Crippen LogP contribution in [0, 0.1) is 0 Å². The predicted molar refractivity (Wildman–Crippen MR) is 65.5 cm³/mol. The van der Waals surface area contributed by atoms with Gasteiger partial charge in [-0.2, -0.15) is 0 Å². The molecule has 1 aromatic rings. The maximum Gasteiger partial charge on any atom is 0.303 e. The van der Waals surface area contributed by atoms with E-state index in [1.807, 2.05) is 0 Å². The number of anilines is 1. The van der Waals surface area contributed by atoms with Crippen LogP contribution < -0.4 is 5.32 Å². The van der Waals surface area contributed by atoms with Crippen LogP contribution in [-0.2, 0) is 20.4 Å². The van der Waals surface area contributed by atoms with E-state index in [1.165, 1.54) is 11.3 Å². The number of nitrogens with zero attached hydrogens (tertiary/aromatic N) is 1. The van der Waals surface area contributed by atoms with E-state index in [-0.39, 0.29) is 23.8 Å². The first-order valence-electron chi connectivity index (χ1n) is 4.84. The third kappa shape index (κ3) is 6.12. The summed E-state index contributed by atoms with van der Waals surface area (Å²) in [6, 6.07) is 0. The molecule has 1 aromatic heterocycles. The van der Waals surface area contributed by atoms with E-state index in [1.54, 1.807) is 11.6 Å². The molecule has 6 nitrogen and oxygen atoms in total. The molecule has 0 aliphatic heterocycles. The van der Waals surface area contributed by atoms with E-state index in [2.05, 4.69) is 10.3 Å². The number of amides is 1. The van der Waals surface area contributed by atoms with Crippen molar-refractivity contribution in [3.63, 3.8) is 0 Å². The van der Waals surface area contributed by atoms with E-state index in [4.69, 9.17) is 5.11 Å². The molecule has 17 heavy (non-hydrogen) atoms. The topological polar surface area (TPSA) is 96.4 Å². The lowest BCUT2D eigenvalue weighted by molar-refractivity contribution is -0.137. The molecule has 1 unspecified atom stereocenters. The maximum atomic E-state index is 11.4. The Morgan fingerprint density at radius 2 is 2.29 bits per heavy atom. The maximum absolute atomic E-state index is 11.4. The van der Waals surface area contributed by atoms with Crippen LogP contribution in [0.3, 0.4) is 0 Å². The number of hydrogen-bond donors (Lipinski definition) is 2. The third-order valence-electron chi connectivity index (χ3n) is 1.73. The van der Waals surface area contributed by atoms with Crippen molar-refractivity contribution < 1.29 is 18.9 Å². The fourth-order valence-corrected chi connectivity index (χ4v) is 2.56. The molecule has 2 N–H and O–H groups in total. The quantitative estimate of drug-likeness (QED) is 0.764. The van der Waals surface area contributed by atoms with Gasteiger partial charge in [0.1, 0.15) is 5.75 Å². The summed E-state index contributed by atoms with van der Waals surface area (Å²) in [5.41, 5.74) is 0. The molecule has 1 amide bonds. The average Bonchev–Trinajstić information content (AvgIpc) is 2.69. The normalized spacial score (nSPS) is 12.0. The van der Waals surface area contributed by atoms with E-state index in [0.717, 1.165) is 0 Å². The van der Waals surface area contributed by atoms with Gasteiger partial charge in [-0.05, 0) is 6.42 Å². The highest BCUT2D eigenvalue weighted by molar-refractivity contribution is 7.85. The molecule has 94 valence electrons. The highest BCUT2D eigenvalue weighted by Gasteiger charge is 2.09. The summed E-state index contributed by atoms with van der Waals surface area (Å²) >= 11 is 1.28. The second-order valence-corrected chi connectivity index (χ2v) is 5.64. The minimum Gasteiger partial charge on any atom is -0.481 e. The molecule has 0 saturated heterocycles. The van der Waals surface area contributed by atoms with E-state index < -0.39 is 16.8 Å². The number of carboxylic acids is 1. The van der Waals surface area contributed by atoms with Gasteiger partial charge in [0.05, 0.1) is 0 Å². The molecule has 1 heterocycles. The predicted octanol–water partition coefficient (Wildman–Crippen LogP) is 0.695. The van der Waals surface area contributed by atoms with Crippen LogP contribution in [0.25, 0.3) is 0 Å². The van der Waals surface area contributed by atoms with Crippen molar-refractivity contribution in [2.45, 2.75) is 12.8 Å². The lowest BCUT2D eigenvalue weighted by Gasteiger charge is -2.01. The number of hydrogen-bond acceptors (Lipinski definition) is 5. The van der Waals surface area contributed by atoms with Crippen LogP contribution in [-0.4, -0.2) is 37.7 Å². The molecular formula is C9H12N2O4S2. The van der Waals surface area contributed by atoms with Crippen molar-refractivity contribution in [1.82, 2.24) is 4.98 Å². The molecule has 0 aliphatic carbocycles. The fraction of sp³-hybridized carbons (Fsp3) is 0.444. The van der Waals surface area contributed by atoms with Crippen molar-refractivity contribution in [3.8, 4) is 0 Å². The summed E-state index contributed by atoms with van der Waals surface area (Å²) in [5, 5.41) is 13.1. The van der Waals surface area contributed by atoms with Crippen LogP contribution in [0.4, 0.5) is 5.13 Å². The Bertz CT molecular complexity index is 405. The Hall–Kier alpha value is -1.28. The van der Waals surface area contributed by atoms with Crippen LogP contribution >= 0.6 is 11.3 Å². The van der Waals surface area contributed by atoms with Crippen LogP contribution in [0.1, 0.15) is 12.8 Å². The van der Waals surface area contributed by atoms with Crippen LogP contribution in [0.2, 0.25) is 0 Å². The highest BCUT2D eigenvalue weighted by atomic mass is 32.2. The Morgan fingerprint density at radius 3 is 2.88 bits per heavy atom. The molecule has 0 radical (unpaired) electrons. The molecule has 1 atom stereocenters. The van der Waals surface area contributed by atoms with Gasteiger partial charge in [-0.25, -0.2) is 4.98 Å². The van der Waals surface area contributed by atoms with Gasteiger partial charge in [0.25, 0.3) is 0 Å². The summed E-state index contributed by atoms with van der Waals surface area (Å²) in [5.74, 6) is -1.19. The van der Waals surface area contributed by atoms with Gasteiger partial charge in [-0.3, -0.25) is 13.8 Å². The molecule has 0 spiro atoms. The summed E-state index contributed by atoms with van der Waals surface area (Å²) in [7, 11) is -1.33. The van der Waals surface area contributed by atoms with Gasteiger partial charge in [-0.1, -0.05) is 0 Å². The van der Waals surface area contributed by atoms with Gasteiger partial charge >= 0.3 is 5.97 Å². The minimum absolute atomic E-state index is 0.0279. The summed E-state index contributed by atoms with van der Waals surface area (Å²) < 4.78 is 11.4. The molecule has 0 saturated carbocycles. The van der Waals surface area contributed by atoms with Crippen molar-refractivity contribution in [3.05, 3.63) is 11.6 Å². The number of carbonyl (C=O) groups excluding carboxylic acids is 1. The van der Waals surface area contributed by atoms with E-state index in [9.17, 15) is 13.8 Å². The minimum atomic E-state index is -1.33. The smallest absolute Gasteiger partial charge is 0.303 e. The van der Waals surface area contributed by atoms with Crippen LogP contribution in [0.15, 0.2) is 11.6 Å².